The highest BCUT2D eigenvalue weighted by Crippen LogP contribution is 2.28. The lowest BCUT2D eigenvalue weighted by atomic mass is 10.2. The lowest BCUT2D eigenvalue weighted by molar-refractivity contribution is 0.249. The van der Waals surface area contributed by atoms with Gasteiger partial charge in [-0.05, 0) is 29.8 Å². The molecule has 3 heterocycles. The van der Waals surface area contributed by atoms with E-state index in [4.69, 9.17) is 11.6 Å². The Morgan fingerprint density at radius 2 is 1.88 bits per heavy atom. The molecule has 4 rings (SSSR count). The lowest BCUT2D eigenvalue weighted by Crippen LogP contribution is -2.45. The Morgan fingerprint density at radius 1 is 1.00 bits per heavy atom. The molecule has 3 aromatic rings. The quantitative estimate of drug-likeness (QED) is 0.701. The van der Waals surface area contributed by atoms with Gasteiger partial charge >= 0.3 is 0 Å². The number of nitrogens with zero attached hydrogens (tertiary/aromatic N) is 5. The molecule has 1 fully saturated rings. The Hall–Kier alpha value is -2.02. The first-order valence-electron chi connectivity index (χ1n) is 8.24. The van der Waals surface area contributed by atoms with Crippen molar-refractivity contribution in [3.63, 3.8) is 0 Å². The highest BCUT2D eigenvalue weighted by Gasteiger charge is 2.20. The minimum absolute atomic E-state index is 0.798. The van der Waals surface area contributed by atoms with Gasteiger partial charge in [0.1, 0.15) is 5.69 Å². The fourth-order valence-electron chi connectivity index (χ4n) is 2.93. The summed E-state index contributed by atoms with van der Waals surface area (Å²) in [6.45, 7) is 4.86. The second-order valence-electron chi connectivity index (χ2n) is 6.00. The third-order valence-electron chi connectivity index (χ3n) is 4.24. The van der Waals surface area contributed by atoms with Crippen molar-refractivity contribution in [2.45, 2.75) is 6.54 Å². The van der Waals surface area contributed by atoms with Gasteiger partial charge in [0.25, 0.3) is 0 Å². The molecule has 1 aromatic carbocycles. The summed E-state index contributed by atoms with van der Waals surface area (Å²) in [4.78, 5) is 9.10. The molecule has 0 aliphatic carbocycles. The van der Waals surface area contributed by atoms with Gasteiger partial charge in [-0.1, -0.05) is 41.1 Å². The fraction of sp³-hybridized carbons (Fsp3) is 0.278. The van der Waals surface area contributed by atoms with Gasteiger partial charge in [-0.3, -0.25) is 9.88 Å². The predicted molar refractivity (Wildman–Crippen MR) is 102 cm³/mol. The molecule has 0 radical (unpaired) electrons. The van der Waals surface area contributed by atoms with Crippen LogP contribution < -0.4 is 4.90 Å². The first-order chi connectivity index (χ1) is 12.3. The Balaban J connectivity index is 1.37. The number of benzene rings is 1. The van der Waals surface area contributed by atoms with Crippen molar-refractivity contribution >= 4 is 28.1 Å². The summed E-state index contributed by atoms with van der Waals surface area (Å²) >= 11 is 7.68. The van der Waals surface area contributed by atoms with E-state index in [1.165, 1.54) is 5.56 Å². The molecule has 0 atom stereocenters. The van der Waals surface area contributed by atoms with Crippen LogP contribution in [-0.2, 0) is 6.54 Å². The SMILES string of the molecule is Clc1cccc(CN2CCN(c3nnc(-c4ccccn4)s3)CC2)c1. The van der Waals surface area contributed by atoms with E-state index in [0.717, 1.165) is 53.6 Å². The molecule has 2 aromatic heterocycles. The van der Waals surface area contributed by atoms with Crippen LogP contribution in [0.3, 0.4) is 0 Å². The molecule has 0 amide bonds. The van der Waals surface area contributed by atoms with Crippen molar-refractivity contribution in [1.29, 1.82) is 0 Å². The third-order valence-corrected chi connectivity index (χ3v) is 5.48. The molecule has 1 aliphatic rings. The maximum atomic E-state index is 6.07. The normalized spacial score (nSPS) is 15.5. The number of hydrogen-bond acceptors (Lipinski definition) is 6. The maximum absolute atomic E-state index is 6.07. The summed E-state index contributed by atoms with van der Waals surface area (Å²) in [7, 11) is 0. The van der Waals surface area contributed by atoms with E-state index in [1.54, 1.807) is 17.5 Å². The van der Waals surface area contributed by atoms with E-state index in [-0.39, 0.29) is 0 Å². The zero-order chi connectivity index (χ0) is 17.1. The number of anilines is 1. The zero-order valence-electron chi connectivity index (χ0n) is 13.7. The van der Waals surface area contributed by atoms with Gasteiger partial charge in [0.2, 0.25) is 5.13 Å². The number of aromatic nitrogens is 3. The zero-order valence-corrected chi connectivity index (χ0v) is 15.2. The molecule has 1 aliphatic heterocycles. The molecule has 128 valence electrons. The highest BCUT2D eigenvalue weighted by atomic mass is 35.5. The first kappa shape index (κ1) is 16.4. The second-order valence-corrected chi connectivity index (χ2v) is 7.39. The topological polar surface area (TPSA) is 45.2 Å². The molecular formula is C18H18ClN5S. The van der Waals surface area contributed by atoms with Gasteiger partial charge in [0, 0.05) is 43.9 Å². The Labute approximate surface area is 155 Å². The molecule has 0 spiro atoms. The maximum Gasteiger partial charge on any atom is 0.208 e. The molecular weight excluding hydrogens is 354 g/mol. The van der Waals surface area contributed by atoms with Crippen LogP contribution in [0.15, 0.2) is 48.7 Å². The molecule has 0 N–H and O–H groups in total. The van der Waals surface area contributed by atoms with E-state index in [1.807, 2.05) is 36.4 Å². The summed E-state index contributed by atoms with van der Waals surface area (Å²) in [6, 6.07) is 13.9. The minimum atomic E-state index is 0.798. The van der Waals surface area contributed by atoms with E-state index in [2.05, 4.69) is 31.0 Å². The van der Waals surface area contributed by atoms with Crippen molar-refractivity contribution in [2.24, 2.45) is 0 Å². The van der Waals surface area contributed by atoms with E-state index in [9.17, 15) is 0 Å². The molecule has 25 heavy (non-hydrogen) atoms. The van der Waals surface area contributed by atoms with Gasteiger partial charge in [0.15, 0.2) is 5.01 Å². The molecule has 7 heteroatoms. The standard InChI is InChI=1S/C18H18ClN5S/c19-15-5-3-4-14(12-15)13-23-8-10-24(11-9-23)18-22-21-17(25-18)16-6-1-2-7-20-16/h1-7,12H,8-11,13H2. The van der Waals surface area contributed by atoms with Gasteiger partial charge in [0.05, 0.1) is 0 Å². The van der Waals surface area contributed by atoms with Crippen molar-refractivity contribution in [3.05, 3.63) is 59.2 Å². The minimum Gasteiger partial charge on any atom is -0.344 e. The summed E-state index contributed by atoms with van der Waals surface area (Å²) in [6.07, 6.45) is 1.78. The Kier molecular flexibility index (Phi) is 4.92. The van der Waals surface area contributed by atoms with Crippen molar-refractivity contribution < 1.29 is 0 Å². The van der Waals surface area contributed by atoms with Crippen LogP contribution >= 0.6 is 22.9 Å². The summed E-state index contributed by atoms with van der Waals surface area (Å²) in [5, 5.41) is 11.3. The van der Waals surface area contributed by atoms with E-state index < -0.39 is 0 Å². The van der Waals surface area contributed by atoms with E-state index in [0.29, 0.717) is 0 Å². The van der Waals surface area contributed by atoms with E-state index >= 15 is 0 Å². The van der Waals surface area contributed by atoms with Crippen LogP contribution in [0.5, 0.6) is 0 Å². The summed E-state index contributed by atoms with van der Waals surface area (Å²) < 4.78 is 0. The Bertz CT molecular complexity index is 830. The number of halogens is 1. The van der Waals surface area contributed by atoms with Crippen molar-refractivity contribution in [2.75, 3.05) is 31.1 Å². The van der Waals surface area contributed by atoms with Crippen molar-refractivity contribution in [1.82, 2.24) is 20.1 Å². The predicted octanol–water partition coefficient (Wildman–Crippen LogP) is 3.58. The number of piperazine rings is 1. The van der Waals surface area contributed by atoms with Gasteiger partial charge < -0.3 is 4.90 Å². The smallest absolute Gasteiger partial charge is 0.208 e. The van der Waals surface area contributed by atoms with Gasteiger partial charge in [-0.25, -0.2) is 0 Å². The molecule has 0 bridgehead atoms. The lowest BCUT2D eigenvalue weighted by Gasteiger charge is -2.34. The summed E-state index contributed by atoms with van der Waals surface area (Å²) in [5.74, 6) is 0. The molecule has 5 nitrogen and oxygen atoms in total. The van der Waals surface area contributed by atoms with Crippen molar-refractivity contribution in [3.8, 4) is 10.7 Å². The largest absolute Gasteiger partial charge is 0.344 e. The first-order valence-corrected chi connectivity index (χ1v) is 9.44. The number of hydrogen-bond donors (Lipinski definition) is 0. The molecule has 0 unspecified atom stereocenters. The third kappa shape index (κ3) is 3.98. The van der Waals surface area contributed by atoms with Crippen LogP contribution in [0.4, 0.5) is 5.13 Å². The van der Waals surface area contributed by atoms with Crippen LogP contribution in [-0.4, -0.2) is 46.3 Å². The van der Waals surface area contributed by atoms with Gasteiger partial charge in [-0.15, -0.1) is 10.2 Å². The second kappa shape index (κ2) is 7.47. The van der Waals surface area contributed by atoms with Crippen LogP contribution in [0, 0.1) is 0 Å². The average Bonchev–Trinajstić information content (AvgIpc) is 3.13. The van der Waals surface area contributed by atoms with Crippen LogP contribution in [0.1, 0.15) is 5.56 Å². The Morgan fingerprint density at radius 3 is 2.64 bits per heavy atom. The fourth-order valence-corrected chi connectivity index (χ4v) is 4.01. The average molecular weight is 372 g/mol. The van der Waals surface area contributed by atoms with Crippen LogP contribution in [0.25, 0.3) is 10.7 Å². The number of pyridine rings is 1. The van der Waals surface area contributed by atoms with Gasteiger partial charge in [-0.2, -0.15) is 0 Å². The highest BCUT2D eigenvalue weighted by molar-refractivity contribution is 7.18. The molecule has 0 saturated carbocycles. The summed E-state index contributed by atoms with van der Waals surface area (Å²) in [5.41, 5.74) is 2.14. The number of rotatable bonds is 4. The molecule has 1 saturated heterocycles. The van der Waals surface area contributed by atoms with Crippen LogP contribution in [0.2, 0.25) is 5.02 Å². The monoisotopic (exact) mass is 371 g/mol.